The van der Waals surface area contributed by atoms with Crippen LogP contribution in [-0.4, -0.2) is 49.9 Å². The molecule has 194 valence electrons. The lowest BCUT2D eigenvalue weighted by Gasteiger charge is -2.19. The highest BCUT2D eigenvalue weighted by atomic mass is 35.5. The van der Waals surface area contributed by atoms with Gasteiger partial charge in [0, 0.05) is 54.1 Å². The van der Waals surface area contributed by atoms with Gasteiger partial charge in [-0.3, -0.25) is 14.3 Å². The zero-order chi connectivity index (χ0) is 26.4. The lowest BCUT2D eigenvalue weighted by molar-refractivity contribution is 0.397. The highest BCUT2D eigenvalue weighted by Gasteiger charge is 2.20. The van der Waals surface area contributed by atoms with Crippen molar-refractivity contribution in [3.63, 3.8) is 0 Å². The molecule has 0 fully saturated rings. The first-order valence-corrected chi connectivity index (χ1v) is 13.3. The molecule has 9 heteroatoms. The van der Waals surface area contributed by atoms with E-state index in [1.807, 2.05) is 66.9 Å². The summed E-state index contributed by atoms with van der Waals surface area (Å²) in [6.07, 6.45) is 5.42. The van der Waals surface area contributed by atoms with Crippen LogP contribution in [0.1, 0.15) is 23.2 Å². The first-order chi connectivity index (χ1) is 18.4. The van der Waals surface area contributed by atoms with E-state index in [1.165, 1.54) is 0 Å². The number of halogens is 1. The average molecular weight is 528 g/mol. The van der Waals surface area contributed by atoms with Gasteiger partial charge in [-0.1, -0.05) is 23.2 Å². The van der Waals surface area contributed by atoms with E-state index in [9.17, 15) is 4.79 Å². The molecular weight excluding hydrogens is 498 g/mol. The van der Waals surface area contributed by atoms with E-state index < -0.39 is 0 Å². The van der Waals surface area contributed by atoms with E-state index >= 15 is 0 Å². The third-order valence-corrected chi connectivity index (χ3v) is 7.29. The molecule has 0 aliphatic carbocycles. The molecule has 5 aromatic rings. The number of hydrogen-bond donors (Lipinski definition) is 1. The maximum absolute atomic E-state index is 13.5. The summed E-state index contributed by atoms with van der Waals surface area (Å²) in [7, 11) is 4.05. The Balaban J connectivity index is 1.32. The highest BCUT2D eigenvalue weighted by Crippen LogP contribution is 2.31. The topological polar surface area (TPSA) is 80.9 Å². The molecule has 1 aliphatic heterocycles. The van der Waals surface area contributed by atoms with Crippen molar-refractivity contribution in [2.45, 2.75) is 39.4 Å². The Morgan fingerprint density at radius 2 is 1.95 bits per heavy atom. The number of hydrogen-bond acceptors (Lipinski definition) is 6. The SMILES string of the molecule is Cc1cc(CCNc2ccc(Cl)nc2-c2ccc(CN(C)C)nc2)c2c(c1)c(=O)n1c3c2cnn3CCC1. The molecule has 1 aromatic carbocycles. The molecule has 1 N–H and O–H groups in total. The molecule has 8 nitrogen and oxygen atoms in total. The summed E-state index contributed by atoms with van der Waals surface area (Å²) < 4.78 is 3.85. The van der Waals surface area contributed by atoms with E-state index in [-0.39, 0.29) is 5.56 Å². The predicted octanol–water partition coefficient (Wildman–Crippen LogP) is 4.89. The Bertz CT molecular complexity index is 1720. The molecule has 0 spiro atoms. The number of nitrogens with zero attached hydrogens (tertiary/aromatic N) is 6. The summed E-state index contributed by atoms with van der Waals surface area (Å²) in [5.41, 5.74) is 6.78. The van der Waals surface area contributed by atoms with Crippen LogP contribution in [0.25, 0.3) is 33.1 Å². The van der Waals surface area contributed by atoms with E-state index in [1.54, 1.807) is 6.07 Å². The van der Waals surface area contributed by atoms with Crippen molar-refractivity contribution in [3.05, 3.63) is 81.1 Å². The Morgan fingerprint density at radius 3 is 2.74 bits per heavy atom. The van der Waals surface area contributed by atoms with Crippen LogP contribution >= 0.6 is 11.6 Å². The van der Waals surface area contributed by atoms with E-state index in [0.29, 0.717) is 11.7 Å². The summed E-state index contributed by atoms with van der Waals surface area (Å²) in [5, 5.41) is 11.4. The van der Waals surface area contributed by atoms with Crippen LogP contribution in [0.15, 0.2) is 53.6 Å². The number of benzene rings is 1. The first kappa shape index (κ1) is 24.6. The second-order valence-corrected chi connectivity index (χ2v) is 10.6. The number of rotatable bonds is 7. The van der Waals surface area contributed by atoms with Crippen molar-refractivity contribution in [2.75, 3.05) is 26.0 Å². The van der Waals surface area contributed by atoms with Crippen molar-refractivity contribution in [3.8, 4) is 11.3 Å². The molecule has 6 rings (SSSR count). The second kappa shape index (κ2) is 9.85. The van der Waals surface area contributed by atoms with Crippen LogP contribution < -0.4 is 10.9 Å². The highest BCUT2D eigenvalue weighted by molar-refractivity contribution is 6.29. The minimum absolute atomic E-state index is 0.0706. The first-order valence-electron chi connectivity index (χ1n) is 12.9. The maximum Gasteiger partial charge on any atom is 0.260 e. The van der Waals surface area contributed by atoms with Gasteiger partial charge in [0.15, 0.2) is 0 Å². The fourth-order valence-electron chi connectivity index (χ4n) is 5.49. The predicted molar refractivity (Wildman–Crippen MR) is 153 cm³/mol. The number of fused-ring (bicyclic) bond motifs is 2. The minimum Gasteiger partial charge on any atom is -0.383 e. The minimum atomic E-state index is 0.0706. The smallest absolute Gasteiger partial charge is 0.260 e. The molecule has 38 heavy (non-hydrogen) atoms. The Labute approximate surface area is 225 Å². The Morgan fingerprint density at radius 1 is 1.08 bits per heavy atom. The van der Waals surface area contributed by atoms with Crippen LogP contribution in [0.3, 0.4) is 0 Å². The third-order valence-electron chi connectivity index (χ3n) is 7.08. The summed E-state index contributed by atoms with van der Waals surface area (Å²) in [6, 6.07) is 12.0. The van der Waals surface area contributed by atoms with Crippen molar-refractivity contribution < 1.29 is 0 Å². The summed E-state index contributed by atoms with van der Waals surface area (Å²) in [4.78, 5) is 24.7. The van der Waals surface area contributed by atoms with Gasteiger partial charge in [-0.2, -0.15) is 5.10 Å². The van der Waals surface area contributed by atoms with Crippen LogP contribution in [0.2, 0.25) is 5.15 Å². The molecule has 1 aliphatic rings. The normalized spacial score (nSPS) is 13.1. The van der Waals surface area contributed by atoms with Gasteiger partial charge in [0.25, 0.3) is 5.56 Å². The van der Waals surface area contributed by atoms with Gasteiger partial charge in [-0.15, -0.1) is 0 Å². The number of aryl methyl sites for hydroxylation is 3. The van der Waals surface area contributed by atoms with Gasteiger partial charge in [-0.25, -0.2) is 9.67 Å². The van der Waals surface area contributed by atoms with E-state index in [4.69, 9.17) is 11.6 Å². The maximum atomic E-state index is 13.5. The zero-order valence-corrected chi connectivity index (χ0v) is 22.6. The fourth-order valence-corrected chi connectivity index (χ4v) is 5.64. The molecular formula is C29H30ClN7O. The fraction of sp³-hybridized carbons (Fsp3) is 0.310. The number of nitrogens with one attached hydrogen (secondary N) is 1. The number of anilines is 1. The van der Waals surface area contributed by atoms with E-state index in [0.717, 1.165) is 88.0 Å². The lowest BCUT2D eigenvalue weighted by Crippen LogP contribution is -2.27. The van der Waals surface area contributed by atoms with Crippen LogP contribution in [0.4, 0.5) is 5.69 Å². The average Bonchev–Trinajstić information content (AvgIpc) is 3.33. The van der Waals surface area contributed by atoms with Crippen LogP contribution in [0.5, 0.6) is 0 Å². The summed E-state index contributed by atoms with van der Waals surface area (Å²) in [5.74, 6) is 0. The Hall–Kier alpha value is -3.75. The van der Waals surface area contributed by atoms with Gasteiger partial charge < -0.3 is 10.2 Å². The molecule has 0 saturated carbocycles. The van der Waals surface area contributed by atoms with Crippen LogP contribution in [0, 0.1) is 6.92 Å². The van der Waals surface area contributed by atoms with Crippen LogP contribution in [-0.2, 0) is 26.1 Å². The number of pyridine rings is 3. The molecule has 0 radical (unpaired) electrons. The van der Waals surface area contributed by atoms with Crippen molar-refractivity contribution >= 4 is 39.1 Å². The Kier molecular flexibility index (Phi) is 6.37. The molecule has 0 atom stereocenters. The molecule has 0 saturated heterocycles. The third kappa shape index (κ3) is 4.44. The molecule has 0 amide bonds. The quantitative estimate of drug-likeness (QED) is 0.303. The zero-order valence-electron chi connectivity index (χ0n) is 21.8. The van der Waals surface area contributed by atoms with Gasteiger partial charge >= 0.3 is 0 Å². The standard InChI is InChI=1S/C29H30ClN7O/c1-18-13-19(26-22(14-18)29(38)36-11-4-12-37-28(36)23(26)16-33-37)9-10-31-24-7-8-25(30)34-27(24)20-5-6-21(32-15-20)17-35(2)3/h5-8,13-16,31H,4,9-12,17H2,1-3H3. The van der Waals surface area contributed by atoms with Gasteiger partial charge in [0.05, 0.1) is 23.3 Å². The van der Waals surface area contributed by atoms with Gasteiger partial charge in [0.2, 0.25) is 0 Å². The van der Waals surface area contributed by atoms with Crippen molar-refractivity contribution in [1.29, 1.82) is 0 Å². The second-order valence-electron chi connectivity index (χ2n) is 10.2. The molecule has 0 unspecified atom stereocenters. The number of aromatic nitrogens is 5. The lowest BCUT2D eigenvalue weighted by atomic mass is 9.98. The van der Waals surface area contributed by atoms with E-state index in [2.05, 4.69) is 31.3 Å². The van der Waals surface area contributed by atoms with Crippen molar-refractivity contribution in [2.24, 2.45) is 0 Å². The summed E-state index contributed by atoms with van der Waals surface area (Å²) >= 11 is 6.28. The molecule has 5 heterocycles. The van der Waals surface area contributed by atoms with Gasteiger partial charge in [-0.05, 0) is 69.8 Å². The largest absolute Gasteiger partial charge is 0.383 e. The summed E-state index contributed by atoms with van der Waals surface area (Å²) in [6.45, 7) is 5.07. The van der Waals surface area contributed by atoms with Gasteiger partial charge in [0.1, 0.15) is 10.8 Å². The molecule has 4 aromatic heterocycles. The monoisotopic (exact) mass is 527 g/mol. The molecule has 0 bridgehead atoms. The van der Waals surface area contributed by atoms with Crippen molar-refractivity contribution in [1.82, 2.24) is 29.2 Å².